The number of hydrogen-bond acceptors (Lipinski definition) is 4. The second kappa shape index (κ2) is 5.09. The molecule has 0 aliphatic rings. The van der Waals surface area contributed by atoms with E-state index in [9.17, 15) is 0 Å². The number of rotatable bonds is 5. The zero-order valence-corrected chi connectivity index (χ0v) is 10.5. The van der Waals surface area contributed by atoms with E-state index in [4.69, 9.17) is 0 Å². The fourth-order valence-electron chi connectivity index (χ4n) is 1.72. The highest BCUT2D eigenvalue weighted by Crippen LogP contribution is 2.06. The van der Waals surface area contributed by atoms with E-state index in [2.05, 4.69) is 36.9 Å². The van der Waals surface area contributed by atoms with Gasteiger partial charge in [0.25, 0.3) is 0 Å². The third-order valence-electron chi connectivity index (χ3n) is 2.91. The second-order valence-electron chi connectivity index (χ2n) is 4.33. The summed E-state index contributed by atoms with van der Waals surface area (Å²) in [6, 6.07) is 0. The van der Waals surface area contributed by atoms with Gasteiger partial charge in [-0.25, -0.2) is 0 Å². The number of aromatic amines is 1. The van der Waals surface area contributed by atoms with E-state index in [1.54, 1.807) is 6.33 Å². The lowest BCUT2D eigenvalue weighted by Gasteiger charge is -2.16. The van der Waals surface area contributed by atoms with Gasteiger partial charge in [0.1, 0.15) is 12.2 Å². The Labute approximate surface area is 101 Å². The van der Waals surface area contributed by atoms with Gasteiger partial charge in [0.15, 0.2) is 0 Å². The smallest absolute Gasteiger partial charge is 0.129 e. The van der Waals surface area contributed by atoms with Gasteiger partial charge in [0.2, 0.25) is 0 Å². The van der Waals surface area contributed by atoms with Crippen LogP contribution in [0.3, 0.4) is 0 Å². The molecule has 6 nitrogen and oxygen atoms in total. The maximum absolute atomic E-state index is 4.02. The summed E-state index contributed by atoms with van der Waals surface area (Å²) in [4.78, 5) is 2.26. The number of likely N-dealkylation sites (N-methyl/N-ethyl adjacent to an activating group) is 1. The molecule has 0 saturated heterocycles. The highest BCUT2D eigenvalue weighted by Gasteiger charge is 2.05. The lowest BCUT2D eigenvalue weighted by atomic mass is 10.2. The molecule has 0 bridgehead atoms. The summed E-state index contributed by atoms with van der Waals surface area (Å²) < 4.78 is 2.05. The van der Waals surface area contributed by atoms with Gasteiger partial charge in [0.05, 0.1) is 6.20 Å². The van der Waals surface area contributed by atoms with Crippen molar-refractivity contribution in [2.24, 2.45) is 0 Å². The first-order chi connectivity index (χ1) is 8.16. The first-order valence-corrected chi connectivity index (χ1v) is 5.68. The molecule has 0 aliphatic heterocycles. The Morgan fingerprint density at radius 1 is 1.41 bits per heavy atom. The molecule has 17 heavy (non-hydrogen) atoms. The maximum Gasteiger partial charge on any atom is 0.129 e. The molecular formula is C11H18N6. The van der Waals surface area contributed by atoms with Gasteiger partial charge in [-0.2, -0.15) is 5.10 Å². The van der Waals surface area contributed by atoms with Crippen LogP contribution in [0.2, 0.25) is 0 Å². The van der Waals surface area contributed by atoms with Gasteiger partial charge < -0.3 is 9.47 Å². The monoisotopic (exact) mass is 234 g/mol. The molecule has 2 aromatic rings. The van der Waals surface area contributed by atoms with Crippen LogP contribution >= 0.6 is 0 Å². The third-order valence-corrected chi connectivity index (χ3v) is 2.91. The van der Waals surface area contributed by atoms with Crippen LogP contribution in [0.25, 0.3) is 0 Å². The van der Waals surface area contributed by atoms with Crippen molar-refractivity contribution >= 4 is 0 Å². The fourth-order valence-corrected chi connectivity index (χ4v) is 1.72. The predicted molar refractivity (Wildman–Crippen MR) is 64.4 cm³/mol. The molecule has 0 unspecified atom stereocenters. The van der Waals surface area contributed by atoms with Crippen LogP contribution in [0.15, 0.2) is 12.5 Å². The summed E-state index contributed by atoms with van der Waals surface area (Å²) in [5.74, 6) is 0.956. The van der Waals surface area contributed by atoms with Crippen molar-refractivity contribution in [2.45, 2.75) is 26.9 Å². The molecule has 0 radical (unpaired) electrons. The Kier molecular flexibility index (Phi) is 3.53. The van der Waals surface area contributed by atoms with Crippen molar-refractivity contribution in [3.05, 3.63) is 29.6 Å². The van der Waals surface area contributed by atoms with Crippen LogP contribution in [0, 0.1) is 13.8 Å². The van der Waals surface area contributed by atoms with Crippen LogP contribution in [-0.4, -0.2) is 43.5 Å². The molecule has 0 fully saturated rings. The van der Waals surface area contributed by atoms with Gasteiger partial charge in [-0.3, -0.25) is 5.10 Å². The van der Waals surface area contributed by atoms with Gasteiger partial charge in [-0.15, -0.1) is 10.2 Å². The number of H-pyrrole nitrogens is 1. The SMILES string of the molecule is Cc1[nH]ncc1CN(C)CCn1cnnc1C. The lowest BCUT2D eigenvalue weighted by molar-refractivity contribution is 0.309. The van der Waals surface area contributed by atoms with Crippen LogP contribution in [-0.2, 0) is 13.1 Å². The van der Waals surface area contributed by atoms with E-state index in [1.165, 1.54) is 5.56 Å². The van der Waals surface area contributed by atoms with E-state index < -0.39 is 0 Å². The average molecular weight is 234 g/mol. The van der Waals surface area contributed by atoms with Crippen molar-refractivity contribution in [1.29, 1.82) is 0 Å². The van der Waals surface area contributed by atoms with Gasteiger partial charge in [-0.1, -0.05) is 0 Å². The summed E-state index contributed by atoms with van der Waals surface area (Å²) in [6.45, 7) is 6.78. The highest BCUT2D eigenvalue weighted by molar-refractivity contribution is 5.13. The van der Waals surface area contributed by atoms with Crippen LogP contribution < -0.4 is 0 Å². The van der Waals surface area contributed by atoms with Gasteiger partial charge >= 0.3 is 0 Å². The molecule has 92 valence electrons. The molecule has 0 saturated carbocycles. The summed E-state index contributed by atoms with van der Waals surface area (Å²) in [7, 11) is 2.10. The molecule has 0 aliphatic carbocycles. The summed E-state index contributed by atoms with van der Waals surface area (Å²) in [5.41, 5.74) is 2.38. The minimum Gasteiger partial charge on any atom is -0.317 e. The molecule has 0 spiro atoms. The molecule has 0 aromatic carbocycles. The zero-order chi connectivity index (χ0) is 12.3. The van der Waals surface area contributed by atoms with Gasteiger partial charge in [-0.05, 0) is 20.9 Å². The average Bonchev–Trinajstić information content (AvgIpc) is 2.86. The molecule has 2 aromatic heterocycles. The quantitative estimate of drug-likeness (QED) is 0.829. The molecule has 1 N–H and O–H groups in total. The third kappa shape index (κ3) is 2.91. The molecular weight excluding hydrogens is 216 g/mol. The predicted octanol–water partition coefficient (Wildman–Crippen LogP) is 0.750. The first-order valence-electron chi connectivity index (χ1n) is 5.68. The Balaban J connectivity index is 1.84. The Bertz CT molecular complexity index is 472. The largest absolute Gasteiger partial charge is 0.317 e. The summed E-state index contributed by atoms with van der Waals surface area (Å²) in [5, 5.41) is 14.8. The Morgan fingerprint density at radius 3 is 2.82 bits per heavy atom. The molecule has 2 heterocycles. The highest BCUT2D eigenvalue weighted by atomic mass is 15.3. The molecule has 0 atom stereocenters. The number of aryl methyl sites for hydroxylation is 2. The minimum absolute atomic E-state index is 0.906. The van der Waals surface area contributed by atoms with Crippen molar-refractivity contribution in [3.8, 4) is 0 Å². The number of hydrogen-bond donors (Lipinski definition) is 1. The van der Waals surface area contributed by atoms with E-state index in [-0.39, 0.29) is 0 Å². The van der Waals surface area contributed by atoms with Crippen LogP contribution in [0.5, 0.6) is 0 Å². The first kappa shape index (κ1) is 11.8. The van der Waals surface area contributed by atoms with Crippen molar-refractivity contribution < 1.29 is 0 Å². The fraction of sp³-hybridized carbons (Fsp3) is 0.545. The number of nitrogens with zero attached hydrogens (tertiary/aromatic N) is 5. The lowest BCUT2D eigenvalue weighted by Crippen LogP contribution is -2.23. The van der Waals surface area contributed by atoms with E-state index >= 15 is 0 Å². The number of aromatic nitrogens is 5. The molecule has 2 rings (SSSR count). The number of nitrogens with one attached hydrogen (secondary N) is 1. The van der Waals surface area contributed by atoms with Crippen LogP contribution in [0.4, 0.5) is 0 Å². The summed E-state index contributed by atoms with van der Waals surface area (Å²) in [6.07, 6.45) is 3.65. The maximum atomic E-state index is 4.02. The van der Waals surface area contributed by atoms with Crippen molar-refractivity contribution in [1.82, 2.24) is 29.9 Å². The second-order valence-corrected chi connectivity index (χ2v) is 4.33. The molecule has 0 amide bonds. The Hall–Kier alpha value is -1.69. The van der Waals surface area contributed by atoms with E-state index in [0.717, 1.165) is 31.2 Å². The van der Waals surface area contributed by atoms with E-state index in [1.807, 2.05) is 20.0 Å². The van der Waals surface area contributed by atoms with E-state index in [0.29, 0.717) is 0 Å². The minimum atomic E-state index is 0.906. The van der Waals surface area contributed by atoms with Crippen molar-refractivity contribution in [2.75, 3.05) is 13.6 Å². The Morgan fingerprint density at radius 2 is 2.24 bits per heavy atom. The standard InChI is InChI=1S/C11H18N6/c1-9-11(6-12-14-9)7-16(3)4-5-17-8-13-15-10(17)2/h6,8H,4-5,7H2,1-3H3,(H,12,14). The van der Waals surface area contributed by atoms with Crippen LogP contribution in [0.1, 0.15) is 17.1 Å². The normalized spacial score (nSPS) is 11.3. The van der Waals surface area contributed by atoms with Crippen molar-refractivity contribution in [3.63, 3.8) is 0 Å². The van der Waals surface area contributed by atoms with Gasteiger partial charge in [0, 0.05) is 30.9 Å². The molecule has 6 heteroatoms. The topological polar surface area (TPSA) is 62.6 Å². The zero-order valence-electron chi connectivity index (χ0n) is 10.5. The summed E-state index contributed by atoms with van der Waals surface area (Å²) >= 11 is 0.